The Morgan fingerprint density at radius 2 is 0.927 bits per heavy atom. The fourth-order valence-electron chi connectivity index (χ4n) is 7.21. The van der Waals surface area contributed by atoms with Crippen molar-refractivity contribution in [3.05, 3.63) is 48.6 Å². The number of allylic oxidation sites excluding steroid dienone is 8. The minimum atomic E-state index is -0.133. The average molecular weight is 772 g/mol. The van der Waals surface area contributed by atoms with Gasteiger partial charge in [-0.1, -0.05) is 121 Å². The standard InChI is InChI=1S/C48H85NO6/c1-43(42-49(4)5)40-48(2,3)41-47(52)55-44(36-32-28-24-20-16-12-8-10-14-18-22-26-30-34-38-45(50)53-6)37-33-29-25-21-17-13-9-11-15-19-23-27-31-35-39-46(51)54-7/h10-11,14-15,22-23,26-27,43-44H,8-9,12-13,16-21,24-25,28-42H2,1-7H3/b14-10-,15-11-,26-22-,27-23-. The number of hydrogen-bond donors (Lipinski definition) is 0. The molecule has 1 atom stereocenters. The Hall–Kier alpha value is -2.67. The number of rotatable bonds is 37. The summed E-state index contributed by atoms with van der Waals surface area (Å²) in [7, 11) is 7.10. The Morgan fingerprint density at radius 1 is 0.545 bits per heavy atom. The van der Waals surface area contributed by atoms with Crippen molar-refractivity contribution in [1.82, 2.24) is 4.90 Å². The van der Waals surface area contributed by atoms with Crippen molar-refractivity contribution in [2.24, 2.45) is 11.3 Å². The smallest absolute Gasteiger partial charge is 0.306 e. The molecule has 0 fully saturated rings. The molecule has 0 radical (unpaired) electrons. The lowest BCUT2D eigenvalue weighted by atomic mass is 9.80. The van der Waals surface area contributed by atoms with Crippen LogP contribution in [0.25, 0.3) is 0 Å². The van der Waals surface area contributed by atoms with Gasteiger partial charge < -0.3 is 19.1 Å². The quantitative estimate of drug-likeness (QED) is 0.0269. The molecular weight excluding hydrogens is 687 g/mol. The molecule has 0 N–H and O–H groups in total. The maximum Gasteiger partial charge on any atom is 0.306 e. The highest BCUT2D eigenvalue weighted by molar-refractivity contribution is 5.70. The van der Waals surface area contributed by atoms with Crippen LogP contribution in [0.2, 0.25) is 0 Å². The first-order valence-electron chi connectivity index (χ1n) is 22.1. The number of methoxy groups -OCH3 is 2. The van der Waals surface area contributed by atoms with Gasteiger partial charge in [0.25, 0.3) is 0 Å². The van der Waals surface area contributed by atoms with Crippen molar-refractivity contribution < 1.29 is 28.6 Å². The topological polar surface area (TPSA) is 82.1 Å². The first kappa shape index (κ1) is 52.3. The fourth-order valence-corrected chi connectivity index (χ4v) is 7.21. The van der Waals surface area contributed by atoms with E-state index in [-0.39, 0.29) is 29.4 Å². The molecule has 7 heteroatoms. The predicted octanol–water partition coefficient (Wildman–Crippen LogP) is 12.8. The molecule has 0 aliphatic rings. The molecule has 0 aliphatic heterocycles. The van der Waals surface area contributed by atoms with E-state index in [1.165, 1.54) is 78.4 Å². The zero-order valence-electron chi connectivity index (χ0n) is 36.8. The molecule has 0 aromatic heterocycles. The van der Waals surface area contributed by atoms with Gasteiger partial charge >= 0.3 is 17.9 Å². The van der Waals surface area contributed by atoms with Crippen LogP contribution in [-0.4, -0.2) is 63.8 Å². The summed E-state index contributed by atoms with van der Waals surface area (Å²) in [6, 6.07) is 0. The van der Waals surface area contributed by atoms with Crippen molar-refractivity contribution in [2.75, 3.05) is 34.9 Å². The lowest BCUT2D eigenvalue weighted by Gasteiger charge is -2.29. The van der Waals surface area contributed by atoms with E-state index in [4.69, 9.17) is 4.74 Å². The summed E-state index contributed by atoms with van der Waals surface area (Å²) < 4.78 is 15.5. The van der Waals surface area contributed by atoms with Gasteiger partial charge in [0, 0.05) is 19.4 Å². The van der Waals surface area contributed by atoms with Gasteiger partial charge in [0.2, 0.25) is 0 Å². The minimum absolute atomic E-state index is 0.0173. The van der Waals surface area contributed by atoms with Crippen LogP contribution in [0.4, 0.5) is 0 Å². The normalized spacial score (nSPS) is 13.0. The number of nitrogens with zero attached hydrogens (tertiary/aromatic N) is 1. The zero-order chi connectivity index (χ0) is 40.8. The molecule has 0 aromatic carbocycles. The molecule has 1 unspecified atom stereocenters. The average Bonchev–Trinajstić information content (AvgIpc) is 3.12. The van der Waals surface area contributed by atoms with E-state index in [2.05, 4.69) is 97.8 Å². The highest BCUT2D eigenvalue weighted by Crippen LogP contribution is 2.31. The van der Waals surface area contributed by atoms with Gasteiger partial charge in [0.15, 0.2) is 0 Å². The van der Waals surface area contributed by atoms with Gasteiger partial charge in [-0.25, -0.2) is 0 Å². The van der Waals surface area contributed by atoms with Crippen molar-refractivity contribution >= 4 is 17.9 Å². The third kappa shape index (κ3) is 38.0. The summed E-state index contributed by atoms with van der Waals surface area (Å²) in [6.07, 6.45) is 44.7. The molecule has 0 aliphatic carbocycles. The molecule has 7 nitrogen and oxygen atoms in total. The molecule has 55 heavy (non-hydrogen) atoms. The molecule has 0 saturated heterocycles. The molecule has 0 aromatic rings. The van der Waals surface area contributed by atoms with Crippen LogP contribution in [0.1, 0.15) is 188 Å². The summed E-state index contributed by atoms with van der Waals surface area (Å²) >= 11 is 0. The minimum Gasteiger partial charge on any atom is -0.469 e. The number of hydrogen-bond acceptors (Lipinski definition) is 7. The summed E-state index contributed by atoms with van der Waals surface area (Å²) in [5.41, 5.74) is -0.0611. The van der Waals surface area contributed by atoms with Crippen molar-refractivity contribution in [2.45, 2.75) is 194 Å². The van der Waals surface area contributed by atoms with Crippen molar-refractivity contribution in [1.29, 1.82) is 0 Å². The Balaban J connectivity index is 4.39. The largest absolute Gasteiger partial charge is 0.469 e. The molecule has 0 spiro atoms. The molecule has 0 heterocycles. The lowest BCUT2D eigenvalue weighted by Crippen LogP contribution is -2.28. The van der Waals surface area contributed by atoms with Crippen LogP contribution >= 0.6 is 0 Å². The number of ether oxygens (including phenoxy) is 3. The maximum atomic E-state index is 13.2. The Bertz CT molecular complexity index is 999. The Morgan fingerprint density at radius 3 is 1.33 bits per heavy atom. The predicted molar refractivity (Wildman–Crippen MR) is 232 cm³/mol. The summed E-state index contributed by atoms with van der Waals surface area (Å²) in [6.45, 7) is 7.74. The Labute approximate surface area is 339 Å². The lowest BCUT2D eigenvalue weighted by molar-refractivity contribution is -0.152. The molecule has 318 valence electrons. The van der Waals surface area contributed by atoms with E-state index in [0.717, 1.165) is 90.0 Å². The van der Waals surface area contributed by atoms with Crippen LogP contribution in [-0.2, 0) is 28.6 Å². The van der Waals surface area contributed by atoms with E-state index < -0.39 is 0 Å². The van der Waals surface area contributed by atoms with E-state index in [1.54, 1.807) is 0 Å². The van der Waals surface area contributed by atoms with Crippen molar-refractivity contribution in [3.8, 4) is 0 Å². The highest BCUT2D eigenvalue weighted by atomic mass is 16.5. The molecule has 0 bridgehead atoms. The maximum absolute atomic E-state index is 13.2. The second-order valence-electron chi connectivity index (χ2n) is 16.7. The molecular formula is C48H85NO6. The van der Waals surface area contributed by atoms with E-state index >= 15 is 0 Å². The van der Waals surface area contributed by atoms with Crippen LogP contribution in [0.5, 0.6) is 0 Å². The second-order valence-corrected chi connectivity index (χ2v) is 16.7. The molecule has 0 saturated carbocycles. The number of carbonyl (C=O) groups is 3. The second kappa shape index (κ2) is 36.9. The molecule has 0 rings (SSSR count). The van der Waals surface area contributed by atoms with Crippen molar-refractivity contribution in [3.63, 3.8) is 0 Å². The van der Waals surface area contributed by atoms with Crippen LogP contribution < -0.4 is 0 Å². The van der Waals surface area contributed by atoms with E-state index in [0.29, 0.717) is 25.2 Å². The third-order valence-electron chi connectivity index (χ3n) is 9.96. The number of carbonyl (C=O) groups excluding carboxylic acids is 3. The van der Waals surface area contributed by atoms with Crippen LogP contribution in [0.15, 0.2) is 48.6 Å². The highest BCUT2D eigenvalue weighted by Gasteiger charge is 2.27. The molecule has 0 amide bonds. The van der Waals surface area contributed by atoms with Gasteiger partial charge in [-0.15, -0.1) is 0 Å². The van der Waals surface area contributed by atoms with Crippen LogP contribution in [0.3, 0.4) is 0 Å². The van der Waals surface area contributed by atoms with E-state index in [9.17, 15) is 14.4 Å². The third-order valence-corrected chi connectivity index (χ3v) is 9.96. The SMILES string of the molecule is COC(=O)CCC/C=C\C/C=C\CCCCCCCCC(CCCCCCCC/C=C\C/C=C\CCCC(=O)OC)OC(=O)CC(C)(C)CC(C)CN(C)C. The zero-order valence-corrected chi connectivity index (χ0v) is 36.8. The van der Waals surface area contributed by atoms with Gasteiger partial charge in [-0.3, -0.25) is 14.4 Å². The number of esters is 3. The van der Waals surface area contributed by atoms with Gasteiger partial charge in [0.1, 0.15) is 6.10 Å². The van der Waals surface area contributed by atoms with Crippen LogP contribution in [0, 0.1) is 11.3 Å². The summed E-state index contributed by atoms with van der Waals surface area (Å²) in [4.78, 5) is 37.7. The summed E-state index contributed by atoms with van der Waals surface area (Å²) in [5.74, 6) is 0.256. The monoisotopic (exact) mass is 772 g/mol. The van der Waals surface area contributed by atoms with Gasteiger partial charge in [0.05, 0.1) is 20.6 Å². The van der Waals surface area contributed by atoms with Gasteiger partial charge in [-0.05, 0) is 122 Å². The first-order chi connectivity index (χ1) is 26.5. The fraction of sp³-hybridized carbons (Fsp3) is 0.771. The number of unbranched alkanes of at least 4 members (excludes halogenated alkanes) is 14. The first-order valence-corrected chi connectivity index (χ1v) is 22.1. The van der Waals surface area contributed by atoms with Gasteiger partial charge in [-0.2, -0.15) is 0 Å². The Kier molecular flexibility index (Phi) is 35.1. The van der Waals surface area contributed by atoms with E-state index in [1.807, 2.05) is 0 Å². The summed E-state index contributed by atoms with van der Waals surface area (Å²) in [5, 5.41) is 0.